The summed E-state index contributed by atoms with van der Waals surface area (Å²) < 4.78 is 52.6. The maximum absolute atomic E-state index is 13.4. The molecule has 0 aliphatic rings. The molecule has 5 aromatic rings. The quantitative estimate of drug-likeness (QED) is 0.0179. The summed E-state index contributed by atoms with van der Waals surface area (Å²) in [5.74, 6) is 6.38. The van der Waals surface area contributed by atoms with Crippen LogP contribution in [0.1, 0.15) is 71.5 Å². The molecule has 0 aliphatic heterocycles. The van der Waals surface area contributed by atoms with Crippen molar-refractivity contribution in [3.05, 3.63) is 101 Å². The monoisotopic (exact) mass is 913 g/mol. The number of aliphatic hydroxyl groups excluding tert-OH is 1. The van der Waals surface area contributed by atoms with Gasteiger partial charge in [-0.25, -0.2) is 0 Å². The number of carbonyl (C=O) groups excluding carboxylic acids is 3. The lowest BCUT2D eigenvalue weighted by atomic mass is 10.0. The Balaban J connectivity index is 0.956. The number of nitrogens with one attached hydrogen (secondary N) is 4. The Labute approximate surface area is 382 Å². The van der Waals surface area contributed by atoms with Crippen LogP contribution in [-0.2, 0) is 35.7 Å². The molecule has 0 fully saturated rings. The second-order valence-electron chi connectivity index (χ2n) is 15.6. The number of ether oxygens (including phenoxy) is 2. The Morgan fingerprint density at radius 1 is 1.00 bits per heavy atom. The molecule has 15 nitrogen and oxygen atoms in total. The van der Waals surface area contributed by atoms with E-state index in [-0.39, 0.29) is 56.4 Å². The summed E-state index contributed by atoms with van der Waals surface area (Å²) in [5, 5.41) is 22.1. The van der Waals surface area contributed by atoms with E-state index in [1.54, 1.807) is 61.9 Å². The number of anilines is 3. The molecule has 5 rings (SSSR count). The number of aromatic nitrogens is 3. The van der Waals surface area contributed by atoms with E-state index in [2.05, 4.69) is 43.1 Å². The molecular weight excluding hydrogens is 856 g/mol. The number of benzene rings is 3. The minimum absolute atomic E-state index is 0.0184. The molecule has 0 radical (unpaired) electrons. The number of alkyl halides is 3. The number of aliphatic hydroxyl groups is 1. The third-order valence-corrected chi connectivity index (χ3v) is 10.8. The van der Waals surface area contributed by atoms with Crippen LogP contribution in [0.2, 0.25) is 0 Å². The topological polar surface area (TPSA) is 198 Å². The highest BCUT2D eigenvalue weighted by Crippen LogP contribution is 2.30. The van der Waals surface area contributed by atoms with Crippen LogP contribution in [0.4, 0.5) is 30.2 Å². The van der Waals surface area contributed by atoms with Crippen LogP contribution in [0.25, 0.3) is 10.9 Å². The van der Waals surface area contributed by atoms with Gasteiger partial charge in [-0.1, -0.05) is 37.3 Å². The molecule has 2 amide bonds. The summed E-state index contributed by atoms with van der Waals surface area (Å²) in [6.45, 7) is 0.0179. The van der Waals surface area contributed by atoms with Gasteiger partial charge in [-0.15, -0.1) is 0 Å². The fraction of sp³-hybridized carbons (Fsp3) is 0.396. The van der Waals surface area contributed by atoms with E-state index in [0.29, 0.717) is 70.1 Å². The lowest BCUT2D eigenvalue weighted by Crippen LogP contribution is -2.32. The van der Waals surface area contributed by atoms with Gasteiger partial charge >= 0.3 is 6.18 Å². The fourth-order valence-electron chi connectivity index (χ4n) is 7.14. The maximum Gasteiger partial charge on any atom is 0.406 e. The standard InChI is InChI=1S/C48H58F3N9O6/c1-53-35(30-62)23-33-15-17-39(26-44(33)59(2)21-22-61)66-31-37-29-56-36(27-57-37)28-58-46(63)14-7-5-4-6-8-19-55-47(64)34-16-18-42(45(24-34)65-3)54-20-10-11-38-25-40-41(52)12-9-13-43(40)60(38)32-48(49,50)51/h9,12-13,15-18,22,24-27,29,35,53-54,62H,4-8,14,19-21,23,28,30-32,52H2,1-3H3,(H,55,64)(H,58,63). The summed E-state index contributed by atoms with van der Waals surface area (Å²) in [5.41, 5.74) is 10.9. The number of methoxy groups -OCH3 is 1. The highest BCUT2D eigenvalue weighted by Gasteiger charge is 2.30. The summed E-state index contributed by atoms with van der Waals surface area (Å²) in [7, 11) is 5.09. The van der Waals surface area contributed by atoms with E-state index >= 15 is 0 Å². The predicted molar refractivity (Wildman–Crippen MR) is 248 cm³/mol. The Morgan fingerprint density at radius 3 is 2.50 bits per heavy atom. The Kier molecular flexibility index (Phi) is 19.0. The van der Waals surface area contributed by atoms with E-state index in [4.69, 9.17) is 15.2 Å². The molecule has 1 atom stereocenters. The predicted octanol–water partition coefficient (Wildman–Crippen LogP) is 5.77. The smallest absolute Gasteiger partial charge is 0.406 e. The fourth-order valence-corrected chi connectivity index (χ4v) is 7.14. The van der Waals surface area contributed by atoms with Gasteiger partial charge in [-0.2, -0.15) is 13.2 Å². The molecule has 0 bridgehead atoms. The first kappa shape index (κ1) is 50.2. The lowest BCUT2D eigenvalue weighted by molar-refractivity contribution is -0.140. The first-order valence-corrected chi connectivity index (χ1v) is 21.7. The average molecular weight is 914 g/mol. The van der Waals surface area contributed by atoms with Gasteiger partial charge in [0.05, 0.1) is 74.0 Å². The zero-order valence-electron chi connectivity index (χ0n) is 37.5. The first-order valence-electron chi connectivity index (χ1n) is 21.7. The molecule has 1 unspecified atom stereocenters. The Hall–Kier alpha value is -6.84. The van der Waals surface area contributed by atoms with E-state index in [1.807, 2.05) is 30.1 Å². The third kappa shape index (κ3) is 15.1. The van der Waals surface area contributed by atoms with E-state index in [9.17, 15) is 32.7 Å². The molecule has 3 aromatic carbocycles. The van der Waals surface area contributed by atoms with E-state index in [0.717, 1.165) is 54.2 Å². The lowest BCUT2D eigenvalue weighted by Gasteiger charge is -2.23. The Morgan fingerprint density at radius 2 is 1.77 bits per heavy atom. The minimum Gasteiger partial charge on any atom is -0.495 e. The number of hydrogen-bond acceptors (Lipinski definition) is 12. The van der Waals surface area contributed by atoms with Crippen LogP contribution >= 0.6 is 0 Å². The molecule has 7 N–H and O–H groups in total. The number of fused-ring (bicyclic) bond motifs is 1. The molecule has 0 saturated carbocycles. The summed E-state index contributed by atoms with van der Waals surface area (Å²) in [6.07, 6.45) is 4.74. The van der Waals surface area contributed by atoms with Crippen LogP contribution in [-0.4, -0.2) is 97.4 Å². The highest BCUT2D eigenvalue weighted by molar-refractivity contribution is 5.95. The number of unbranched alkanes of at least 4 members (excludes halogenated alkanes) is 4. The zero-order chi connectivity index (χ0) is 47.5. The normalized spacial score (nSPS) is 11.6. The van der Waals surface area contributed by atoms with E-state index in [1.165, 1.54) is 7.11 Å². The molecule has 0 saturated heterocycles. The zero-order valence-corrected chi connectivity index (χ0v) is 37.5. The van der Waals surface area contributed by atoms with Crippen molar-refractivity contribution in [3.8, 4) is 23.3 Å². The van der Waals surface area contributed by atoms with Crippen LogP contribution in [0.15, 0.2) is 73.1 Å². The second-order valence-corrected chi connectivity index (χ2v) is 15.6. The first-order chi connectivity index (χ1) is 31.8. The van der Waals surface area contributed by atoms with E-state index < -0.39 is 12.7 Å². The molecule has 2 heterocycles. The van der Waals surface area contributed by atoms with Gasteiger partial charge in [-0.3, -0.25) is 19.6 Å². The van der Waals surface area contributed by atoms with Gasteiger partial charge in [0.1, 0.15) is 30.9 Å². The van der Waals surface area contributed by atoms with Crippen molar-refractivity contribution in [2.75, 3.05) is 63.4 Å². The largest absolute Gasteiger partial charge is 0.495 e. The van der Waals surface area contributed by atoms with Crippen LogP contribution in [0, 0.1) is 11.8 Å². The molecular formula is C48H58F3N9O6. The maximum atomic E-state index is 13.4. The molecule has 2 aromatic heterocycles. The van der Waals surface area contributed by atoms with Crippen molar-refractivity contribution in [1.29, 1.82) is 0 Å². The number of aldehydes is 1. The van der Waals surface area contributed by atoms with Gasteiger partial charge in [-0.05, 0) is 80.3 Å². The minimum atomic E-state index is -4.44. The molecule has 18 heteroatoms. The van der Waals surface area contributed by atoms with Gasteiger partial charge < -0.3 is 55.8 Å². The number of hydrogen-bond donors (Lipinski definition) is 6. The SMILES string of the molecule is CNC(CO)Cc1ccc(OCc2cnc(CNC(=O)CCCCCCCNC(=O)c3ccc(NCC#Cc4cc5c(N)cccc5n4CC(F)(F)F)c(OC)c3)cn2)cc1N(C)CC=O. The second kappa shape index (κ2) is 25.0. The van der Waals surface area contributed by atoms with Crippen molar-refractivity contribution in [2.45, 2.75) is 76.9 Å². The van der Waals surface area contributed by atoms with Gasteiger partial charge in [0, 0.05) is 54.4 Å². The number of nitrogen functional groups attached to an aromatic ring is 1. The van der Waals surface area contributed by atoms with Crippen molar-refractivity contribution in [3.63, 3.8) is 0 Å². The van der Waals surface area contributed by atoms with Crippen molar-refractivity contribution in [2.24, 2.45) is 0 Å². The summed E-state index contributed by atoms with van der Waals surface area (Å²) >= 11 is 0. The van der Waals surface area contributed by atoms with Crippen molar-refractivity contribution >= 4 is 46.1 Å². The van der Waals surface area contributed by atoms with Gasteiger partial charge in [0.25, 0.3) is 5.91 Å². The Bertz CT molecular complexity index is 2450. The highest BCUT2D eigenvalue weighted by atomic mass is 19.4. The molecule has 66 heavy (non-hydrogen) atoms. The molecule has 352 valence electrons. The van der Waals surface area contributed by atoms with Crippen molar-refractivity contribution < 1.29 is 42.1 Å². The number of nitrogens with zero attached hydrogens (tertiary/aromatic N) is 4. The number of amides is 2. The number of halogens is 3. The number of carbonyl (C=O) groups is 3. The van der Waals surface area contributed by atoms with Gasteiger partial charge in [0.15, 0.2) is 0 Å². The van der Waals surface area contributed by atoms with Crippen molar-refractivity contribution in [1.82, 2.24) is 30.5 Å². The number of nitrogens with two attached hydrogens (primary N) is 1. The summed E-state index contributed by atoms with van der Waals surface area (Å²) in [6, 6.07) is 16.8. The molecule has 0 aliphatic carbocycles. The number of rotatable bonds is 25. The number of likely N-dealkylation sites (N-methyl/N-ethyl adjacent to an activating group) is 2. The van der Waals surface area contributed by atoms with Gasteiger partial charge in [0.2, 0.25) is 5.91 Å². The van der Waals surface area contributed by atoms with Crippen LogP contribution < -0.4 is 41.4 Å². The molecule has 0 spiro atoms. The van der Waals surface area contributed by atoms with Crippen LogP contribution in [0.5, 0.6) is 11.5 Å². The van der Waals surface area contributed by atoms with Crippen LogP contribution in [0.3, 0.4) is 0 Å². The average Bonchev–Trinajstić information content (AvgIpc) is 3.65. The third-order valence-electron chi connectivity index (χ3n) is 10.8. The summed E-state index contributed by atoms with van der Waals surface area (Å²) in [4.78, 5) is 47.2.